The Morgan fingerprint density at radius 1 is 1.09 bits per heavy atom. The van der Waals surface area contributed by atoms with Crippen LogP contribution in [-0.2, 0) is 11.3 Å². The van der Waals surface area contributed by atoms with Gasteiger partial charge in [-0.25, -0.2) is 9.97 Å². The number of allylic oxidation sites excluding steroid dienone is 5. The normalized spacial score (nSPS) is 29.5. The molecule has 13 nitrogen and oxygen atoms in total. The van der Waals surface area contributed by atoms with E-state index in [0.29, 0.717) is 42.2 Å². The Kier molecular flexibility index (Phi) is 10.7. The maximum Gasteiger partial charge on any atom is 0.251 e. The summed E-state index contributed by atoms with van der Waals surface area (Å²) in [4.78, 5) is 45.9. The fourth-order valence-corrected chi connectivity index (χ4v) is 10.3. The lowest BCUT2D eigenvalue weighted by Gasteiger charge is -2.58. The highest BCUT2D eigenvalue weighted by molar-refractivity contribution is 5.94. The predicted molar refractivity (Wildman–Crippen MR) is 214 cm³/mol. The van der Waals surface area contributed by atoms with E-state index in [9.17, 15) is 19.8 Å². The molecule has 55 heavy (non-hydrogen) atoms. The van der Waals surface area contributed by atoms with Crippen LogP contribution in [0.4, 0.5) is 17.5 Å². The summed E-state index contributed by atoms with van der Waals surface area (Å²) in [5, 5.41) is 32.9. The summed E-state index contributed by atoms with van der Waals surface area (Å²) in [6.45, 7) is 9.93. The van der Waals surface area contributed by atoms with Crippen molar-refractivity contribution in [1.82, 2.24) is 30.6 Å². The van der Waals surface area contributed by atoms with Crippen molar-refractivity contribution in [3.05, 3.63) is 77.7 Å². The summed E-state index contributed by atoms with van der Waals surface area (Å²) >= 11 is 0. The average molecular weight is 750 g/mol. The summed E-state index contributed by atoms with van der Waals surface area (Å²) in [5.41, 5.74) is 9.81. The first kappa shape index (κ1) is 38.4. The molecule has 0 radical (unpaired) electrons. The zero-order chi connectivity index (χ0) is 39.1. The van der Waals surface area contributed by atoms with E-state index in [1.54, 1.807) is 25.4 Å². The van der Waals surface area contributed by atoms with Crippen LogP contribution in [-0.4, -0.2) is 80.9 Å². The molecule has 7 unspecified atom stereocenters. The number of nitrogens with two attached hydrogens (primary N) is 1. The van der Waals surface area contributed by atoms with Gasteiger partial charge in [0, 0.05) is 56.2 Å². The molecule has 3 aromatic rings. The van der Waals surface area contributed by atoms with Gasteiger partial charge in [0.2, 0.25) is 11.9 Å². The predicted octanol–water partition coefficient (Wildman–Crippen LogP) is 4.55. The highest BCUT2D eigenvalue weighted by atomic mass is 16.3. The number of nitrogen functional groups attached to an aromatic ring is 1. The van der Waals surface area contributed by atoms with Gasteiger partial charge in [-0.05, 0) is 86.1 Å². The van der Waals surface area contributed by atoms with Gasteiger partial charge in [-0.3, -0.25) is 9.59 Å². The summed E-state index contributed by atoms with van der Waals surface area (Å²) in [6, 6.07) is 7.41. The Bertz CT molecular complexity index is 2020. The lowest BCUT2D eigenvalue weighted by Crippen LogP contribution is -2.61. The number of aliphatic hydroxyl groups excluding tert-OH is 1. The fraction of sp³-hybridized carbons (Fsp3) is 0.524. The number of nitrogens with one attached hydrogen (secondary N) is 3. The number of nitrogens with zero attached hydrogens (tertiary/aromatic N) is 5. The topological polar surface area (TPSA) is 192 Å². The molecule has 3 saturated carbocycles. The molecule has 0 saturated heterocycles. The molecule has 7 N–H and O–H groups in total. The summed E-state index contributed by atoms with van der Waals surface area (Å²) in [7, 11) is 3.69. The SMILES string of the molecule is C=C1C=CC2(C)C(=C1)CCC1C2C(O)CC2(O)C1C[C@@H](C)C2C(=O)NCCCCCNC(=O)c1ccc(N(C)Cc2cnc3nc(N)nc(NC)c3n2)cc1. The van der Waals surface area contributed by atoms with Gasteiger partial charge in [-0.1, -0.05) is 44.2 Å². The average Bonchev–Trinajstić information content (AvgIpc) is 3.43. The number of aromatic nitrogens is 4. The number of amides is 2. The van der Waals surface area contributed by atoms with Gasteiger partial charge in [0.25, 0.3) is 5.91 Å². The molecular weight excluding hydrogens is 695 g/mol. The second-order valence-corrected chi connectivity index (χ2v) is 16.4. The molecule has 2 amide bonds. The highest BCUT2D eigenvalue weighted by Crippen LogP contribution is 2.64. The number of carbonyl (C=O) groups is 2. The van der Waals surface area contributed by atoms with Crippen LogP contribution in [0.5, 0.6) is 0 Å². The Labute approximate surface area is 323 Å². The van der Waals surface area contributed by atoms with Gasteiger partial charge in [-0.15, -0.1) is 0 Å². The Hall–Kier alpha value is -4.88. The zero-order valence-electron chi connectivity index (χ0n) is 32.4. The minimum absolute atomic E-state index is 0.0152. The van der Waals surface area contributed by atoms with Crippen molar-refractivity contribution in [2.24, 2.45) is 35.0 Å². The minimum atomic E-state index is -1.21. The largest absolute Gasteiger partial charge is 0.393 e. The molecular formula is C42H55N9O4. The van der Waals surface area contributed by atoms with Gasteiger partial charge in [0.1, 0.15) is 0 Å². The lowest BCUT2D eigenvalue weighted by atomic mass is 9.49. The van der Waals surface area contributed by atoms with Crippen molar-refractivity contribution in [2.75, 3.05) is 43.1 Å². The third-order valence-corrected chi connectivity index (χ3v) is 12.8. The van der Waals surface area contributed by atoms with Crippen molar-refractivity contribution in [1.29, 1.82) is 0 Å². The van der Waals surface area contributed by atoms with Crippen molar-refractivity contribution in [2.45, 2.75) is 77.0 Å². The van der Waals surface area contributed by atoms with Crippen LogP contribution in [0.2, 0.25) is 0 Å². The molecule has 1 aromatic carbocycles. The Morgan fingerprint density at radius 2 is 1.84 bits per heavy atom. The molecule has 4 aliphatic carbocycles. The van der Waals surface area contributed by atoms with Crippen LogP contribution in [0.3, 0.4) is 0 Å². The third-order valence-electron chi connectivity index (χ3n) is 12.8. The second-order valence-electron chi connectivity index (χ2n) is 16.4. The molecule has 0 spiro atoms. The van der Waals surface area contributed by atoms with Crippen LogP contribution in [0.1, 0.15) is 74.8 Å². The van der Waals surface area contributed by atoms with E-state index in [-0.39, 0.29) is 53.3 Å². The first-order chi connectivity index (χ1) is 26.3. The van der Waals surface area contributed by atoms with Crippen LogP contribution < -0.4 is 26.6 Å². The molecule has 2 aromatic heterocycles. The monoisotopic (exact) mass is 749 g/mol. The lowest BCUT2D eigenvalue weighted by molar-refractivity contribution is -0.174. The Morgan fingerprint density at radius 3 is 2.58 bits per heavy atom. The van der Waals surface area contributed by atoms with Gasteiger partial charge in [0.05, 0.1) is 36.1 Å². The summed E-state index contributed by atoms with van der Waals surface area (Å²) < 4.78 is 0. The van der Waals surface area contributed by atoms with Gasteiger partial charge < -0.3 is 36.8 Å². The molecule has 7 rings (SSSR count). The Balaban J connectivity index is 0.842. The molecule has 292 valence electrons. The maximum atomic E-state index is 13.6. The number of carbonyl (C=O) groups excluding carboxylic acids is 2. The maximum absolute atomic E-state index is 13.6. The molecule has 0 aliphatic heterocycles. The van der Waals surface area contributed by atoms with E-state index in [1.165, 1.54) is 5.57 Å². The smallest absolute Gasteiger partial charge is 0.251 e. The van der Waals surface area contributed by atoms with Crippen molar-refractivity contribution < 1.29 is 19.8 Å². The van der Waals surface area contributed by atoms with Crippen LogP contribution in [0, 0.1) is 35.0 Å². The first-order valence-corrected chi connectivity index (χ1v) is 19.7. The molecule has 13 heteroatoms. The fourth-order valence-electron chi connectivity index (χ4n) is 10.3. The standard InChI is InChI=1S/C42H55N9O4/c1-24-15-16-41(3)27(19-24)11-14-30-31-20-25(2)33(42(31,55)21-32(52)34(30)41)39(54)46-18-8-6-7-17-45-38(53)26-9-12-29(13-10-26)51(5)23-28-22-47-37-35(48-28)36(44-4)49-40(43)50-37/h9-10,12-13,15-16,19,22,25,30-34,52,55H,1,6-8,11,14,17-18,20-21,23H2,2-5H3,(H,45,53)(H,46,54)(H3,43,44,47,49,50)/t25-,30?,31?,32?,33?,34?,41?,42?/m1/s1. The van der Waals surface area contributed by atoms with E-state index < -0.39 is 17.6 Å². The summed E-state index contributed by atoms with van der Waals surface area (Å²) in [6.07, 6.45) is 12.6. The van der Waals surface area contributed by atoms with E-state index in [4.69, 9.17) is 5.73 Å². The molecule has 0 bridgehead atoms. The van der Waals surface area contributed by atoms with Crippen LogP contribution in [0.15, 0.2) is 66.4 Å². The van der Waals surface area contributed by atoms with Gasteiger partial charge >= 0.3 is 0 Å². The van der Waals surface area contributed by atoms with Crippen molar-refractivity contribution in [3.63, 3.8) is 0 Å². The molecule has 4 aliphatic rings. The van der Waals surface area contributed by atoms with Crippen LogP contribution in [0.25, 0.3) is 11.2 Å². The number of rotatable bonds is 12. The number of hydrogen-bond acceptors (Lipinski definition) is 11. The number of benzene rings is 1. The minimum Gasteiger partial charge on any atom is -0.393 e. The highest BCUT2D eigenvalue weighted by Gasteiger charge is 2.65. The second kappa shape index (κ2) is 15.3. The molecule has 8 atom stereocenters. The van der Waals surface area contributed by atoms with E-state index in [0.717, 1.165) is 55.5 Å². The number of unbranched alkanes of at least 4 members (excludes halogenated alkanes) is 2. The van der Waals surface area contributed by atoms with Crippen LogP contribution >= 0.6 is 0 Å². The zero-order valence-corrected chi connectivity index (χ0v) is 32.4. The number of hydrogen-bond donors (Lipinski definition) is 6. The van der Waals surface area contributed by atoms with Gasteiger partial charge in [0.15, 0.2) is 17.0 Å². The van der Waals surface area contributed by atoms with Crippen molar-refractivity contribution >= 4 is 40.4 Å². The first-order valence-electron chi connectivity index (χ1n) is 19.7. The number of fused-ring (bicyclic) bond motifs is 6. The molecule has 2 heterocycles. The molecule has 3 fully saturated rings. The third kappa shape index (κ3) is 7.31. The quantitative estimate of drug-likeness (QED) is 0.143. The van der Waals surface area contributed by atoms with E-state index in [2.05, 4.69) is 74.5 Å². The number of anilines is 3. The number of aliphatic hydroxyl groups is 2. The van der Waals surface area contributed by atoms with Crippen molar-refractivity contribution in [3.8, 4) is 0 Å². The van der Waals surface area contributed by atoms with Gasteiger partial charge in [-0.2, -0.15) is 9.97 Å². The summed E-state index contributed by atoms with van der Waals surface area (Å²) in [5.74, 6) is 0.0377. The van der Waals surface area contributed by atoms with E-state index >= 15 is 0 Å². The van der Waals surface area contributed by atoms with E-state index in [1.807, 2.05) is 24.1 Å².